The van der Waals surface area contributed by atoms with Gasteiger partial charge in [-0.1, -0.05) is 19.1 Å². The van der Waals surface area contributed by atoms with Gasteiger partial charge in [0.05, 0.1) is 0 Å². The second-order valence-electron chi connectivity index (χ2n) is 4.37. The van der Waals surface area contributed by atoms with Crippen LogP contribution in [0.3, 0.4) is 0 Å². The normalized spacial score (nSPS) is 10.1. The predicted octanol–water partition coefficient (Wildman–Crippen LogP) is 2.53. The number of hydrogen-bond acceptors (Lipinski definition) is 2. The van der Waals surface area contributed by atoms with Crippen molar-refractivity contribution in [3.8, 4) is 0 Å². The van der Waals surface area contributed by atoms with Crippen LogP contribution in [0.2, 0.25) is 0 Å². The van der Waals surface area contributed by atoms with Crippen LogP contribution in [0.15, 0.2) is 24.3 Å². The lowest BCUT2D eigenvalue weighted by Crippen LogP contribution is -2.21. The van der Waals surface area contributed by atoms with E-state index in [0.717, 1.165) is 25.1 Å². The first-order valence-corrected chi connectivity index (χ1v) is 6.16. The maximum absolute atomic E-state index is 11.3. The van der Waals surface area contributed by atoms with E-state index in [1.165, 1.54) is 5.56 Å². The highest BCUT2D eigenvalue weighted by molar-refractivity contribution is 5.75. The Labute approximate surface area is 104 Å². The number of nitrogens with one attached hydrogen (secondary N) is 1. The first-order chi connectivity index (χ1) is 8.13. The zero-order chi connectivity index (χ0) is 12.7. The van der Waals surface area contributed by atoms with Crippen molar-refractivity contribution in [1.29, 1.82) is 0 Å². The van der Waals surface area contributed by atoms with E-state index in [1.54, 1.807) is 19.0 Å². The molecule has 0 unspecified atom stereocenters. The Morgan fingerprint density at radius 3 is 2.41 bits per heavy atom. The van der Waals surface area contributed by atoms with Gasteiger partial charge in [0.1, 0.15) is 0 Å². The number of benzene rings is 1. The number of aryl methyl sites for hydroxylation is 1. The van der Waals surface area contributed by atoms with Gasteiger partial charge >= 0.3 is 0 Å². The SMILES string of the molecule is CCc1ccc(NCCCC(=O)N(C)C)cc1. The fourth-order valence-electron chi connectivity index (χ4n) is 1.55. The third-order valence-electron chi connectivity index (χ3n) is 2.76. The molecule has 0 aliphatic rings. The van der Waals surface area contributed by atoms with E-state index in [1.807, 2.05) is 0 Å². The molecule has 1 rings (SSSR count). The Morgan fingerprint density at radius 2 is 1.88 bits per heavy atom. The Hall–Kier alpha value is -1.51. The molecule has 1 aromatic carbocycles. The molecule has 0 heterocycles. The molecule has 3 heteroatoms. The third-order valence-corrected chi connectivity index (χ3v) is 2.76. The molecule has 0 aliphatic heterocycles. The van der Waals surface area contributed by atoms with Gasteiger partial charge in [-0.3, -0.25) is 4.79 Å². The van der Waals surface area contributed by atoms with E-state index >= 15 is 0 Å². The Morgan fingerprint density at radius 1 is 1.24 bits per heavy atom. The number of carbonyl (C=O) groups is 1. The van der Waals surface area contributed by atoms with Crippen LogP contribution in [-0.2, 0) is 11.2 Å². The van der Waals surface area contributed by atoms with Crippen LogP contribution in [0.5, 0.6) is 0 Å². The van der Waals surface area contributed by atoms with E-state index in [4.69, 9.17) is 0 Å². The van der Waals surface area contributed by atoms with Crippen LogP contribution in [0.25, 0.3) is 0 Å². The molecule has 0 spiro atoms. The van der Waals surface area contributed by atoms with Crippen molar-refractivity contribution in [2.24, 2.45) is 0 Å². The summed E-state index contributed by atoms with van der Waals surface area (Å²) in [6, 6.07) is 8.44. The van der Waals surface area contributed by atoms with Gasteiger partial charge in [0.25, 0.3) is 0 Å². The first kappa shape index (κ1) is 13.6. The minimum Gasteiger partial charge on any atom is -0.385 e. The van der Waals surface area contributed by atoms with Crippen molar-refractivity contribution in [3.05, 3.63) is 29.8 Å². The Kier molecular flexibility index (Phi) is 5.53. The number of nitrogens with zero attached hydrogens (tertiary/aromatic N) is 1. The second-order valence-corrected chi connectivity index (χ2v) is 4.37. The molecular formula is C14H22N2O. The summed E-state index contributed by atoms with van der Waals surface area (Å²) in [5, 5.41) is 3.32. The van der Waals surface area contributed by atoms with Crippen LogP contribution >= 0.6 is 0 Å². The summed E-state index contributed by atoms with van der Waals surface area (Å²) >= 11 is 0. The number of anilines is 1. The standard InChI is InChI=1S/C14H22N2O/c1-4-12-7-9-13(10-8-12)15-11-5-6-14(17)16(2)3/h7-10,15H,4-6,11H2,1-3H3. The summed E-state index contributed by atoms with van der Waals surface area (Å²) in [6.07, 6.45) is 2.54. The molecule has 0 fully saturated rings. The minimum atomic E-state index is 0.188. The van der Waals surface area contributed by atoms with Crippen molar-refractivity contribution < 1.29 is 4.79 Å². The molecule has 0 saturated heterocycles. The summed E-state index contributed by atoms with van der Waals surface area (Å²) in [5.74, 6) is 0.188. The lowest BCUT2D eigenvalue weighted by atomic mass is 10.1. The summed E-state index contributed by atoms with van der Waals surface area (Å²) in [7, 11) is 3.58. The number of rotatable bonds is 6. The topological polar surface area (TPSA) is 32.3 Å². The average molecular weight is 234 g/mol. The zero-order valence-corrected chi connectivity index (χ0v) is 11.0. The molecule has 0 saturated carbocycles. The molecule has 1 N–H and O–H groups in total. The molecule has 1 aromatic rings. The zero-order valence-electron chi connectivity index (χ0n) is 11.0. The van der Waals surface area contributed by atoms with E-state index in [2.05, 4.69) is 36.5 Å². The van der Waals surface area contributed by atoms with Gasteiger partial charge in [0, 0.05) is 32.7 Å². The minimum absolute atomic E-state index is 0.188. The van der Waals surface area contributed by atoms with Gasteiger partial charge < -0.3 is 10.2 Å². The highest BCUT2D eigenvalue weighted by Gasteiger charge is 2.02. The van der Waals surface area contributed by atoms with Crippen molar-refractivity contribution in [2.45, 2.75) is 26.2 Å². The Bertz CT molecular complexity index is 344. The fraction of sp³-hybridized carbons (Fsp3) is 0.500. The summed E-state index contributed by atoms with van der Waals surface area (Å²) in [4.78, 5) is 13.0. The maximum Gasteiger partial charge on any atom is 0.222 e. The maximum atomic E-state index is 11.3. The van der Waals surface area contributed by atoms with E-state index in [9.17, 15) is 4.79 Å². The van der Waals surface area contributed by atoms with Crippen LogP contribution in [-0.4, -0.2) is 31.4 Å². The molecule has 0 aliphatic carbocycles. The molecule has 17 heavy (non-hydrogen) atoms. The van der Waals surface area contributed by atoms with Crippen LogP contribution in [0, 0.1) is 0 Å². The molecule has 1 amide bonds. The second kappa shape index (κ2) is 6.94. The van der Waals surface area contributed by atoms with Crippen LogP contribution in [0.4, 0.5) is 5.69 Å². The van der Waals surface area contributed by atoms with Crippen LogP contribution < -0.4 is 5.32 Å². The molecule has 0 atom stereocenters. The van der Waals surface area contributed by atoms with E-state index in [0.29, 0.717) is 6.42 Å². The highest BCUT2D eigenvalue weighted by Crippen LogP contribution is 2.10. The van der Waals surface area contributed by atoms with Crippen LogP contribution in [0.1, 0.15) is 25.3 Å². The van der Waals surface area contributed by atoms with Gasteiger partial charge in [-0.15, -0.1) is 0 Å². The van der Waals surface area contributed by atoms with Crippen molar-refractivity contribution in [3.63, 3.8) is 0 Å². The molecule has 0 radical (unpaired) electrons. The summed E-state index contributed by atoms with van der Waals surface area (Å²) in [6.45, 7) is 2.99. The lowest BCUT2D eigenvalue weighted by Gasteiger charge is -2.10. The number of carbonyl (C=O) groups excluding carboxylic acids is 1. The first-order valence-electron chi connectivity index (χ1n) is 6.16. The van der Waals surface area contributed by atoms with Gasteiger partial charge in [-0.2, -0.15) is 0 Å². The van der Waals surface area contributed by atoms with Crippen molar-refractivity contribution in [2.75, 3.05) is 26.0 Å². The highest BCUT2D eigenvalue weighted by atomic mass is 16.2. The number of hydrogen-bond donors (Lipinski definition) is 1. The molecule has 3 nitrogen and oxygen atoms in total. The molecule has 0 aromatic heterocycles. The van der Waals surface area contributed by atoms with Gasteiger partial charge in [0.15, 0.2) is 0 Å². The van der Waals surface area contributed by atoms with E-state index in [-0.39, 0.29) is 5.91 Å². The quantitative estimate of drug-likeness (QED) is 0.767. The van der Waals surface area contributed by atoms with Gasteiger partial charge in [-0.25, -0.2) is 0 Å². The van der Waals surface area contributed by atoms with Gasteiger partial charge in [-0.05, 0) is 30.5 Å². The smallest absolute Gasteiger partial charge is 0.222 e. The number of amides is 1. The Balaban J connectivity index is 2.24. The largest absolute Gasteiger partial charge is 0.385 e. The monoisotopic (exact) mass is 234 g/mol. The lowest BCUT2D eigenvalue weighted by molar-refractivity contribution is -0.128. The summed E-state index contributed by atoms with van der Waals surface area (Å²) in [5.41, 5.74) is 2.47. The van der Waals surface area contributed by atoms with Crippen molar-refractivity contribution >= 4 is 11.6 Å². The molecule has 0 bridgehead atoms. The summed E-state index contributed by atoms with van der Waals surface area (Å²) < 4.78 is 0. The van der Waals surface area contributed by atoms with Crippen molar-refractivity contribution in [1.82, 2.24) is 4.90 Å². The average Bonchev–Trinajstić information content (AvgIpc) is 2.35. The predicted molar refractivity (Wildman–Crippen MR) is 72.2 cm³/mol. The van der Waals surface area contributed by atoms with Gasteiger partial charge in [0.2, 0.25) is 5.91 Å². The fourth-order valence-corrected chi connectivity index (χ4v) is 1.55. The van der Waals surface area contributed by atoms with E-state index < -0.39 is 0 Å². The third kappa shape index (κ3) is 4.89. The molecular weight excluding hydrogens is 212 g/mol. The molecule has 94 valence electrons.